The number of rotatable bonds is 2. The van der Waals surface area contributed by atoms with Crippen LogP contribution in [0.25, 0.3) is 0 Å². The number of nitrogens with two attached hydrogens (primary N) is 1. The van der Waals surface area contributed by atoms with Crippen LogP contribution < -0.4 is 5.73 Å². The van der Waals surface area contributed by atoms with Gasteiger partial charge in [-0.15, -0.1) is 0 Å². The third-order valence-electron chi connectivity index (χ3n) is 2.77. The van der Waals surface area contributed by atoms with Gasteiger partial charge in [0.05, 0.1) is 6.20 Å². The van der Waals surface area contributed by atoms with Crippen molar-refractivity contribution in [2.24, 2.45) is 5.92 Å². The van der Waals surface area contributed by atoms with Gasteiger partial charge in [-0.1, -0.05) is 37.3 Å². The van der Waals surface area contributed by atoms with E-state index < -0.39 is 0 Å². The van der Waals surface area contributed by atoms with Crippen molar-refractivity contribution in [2.45, 2.75) is 32.1 Å². The summed E-state index contributed by atoms with van der Waals surface area (Å²) in [6.07, 6.45) is 7.81. The topological polar surface area (TPSA) is 51.8 Å². The molecule has 0 amide bonds. The Morgan fingerprint density at radius 1 is 1.43 bits per heavy atom. The van der Waals surface area contributed by atoms with E-state index in [1.807, 2.05) is 0 Å². The highest BCUT2D eigenvalue weighted by atomic mass is 35.5. The number of anilines is 1. The standard InChI is InChI=1S/C10H14ClN3/c11-8-6-13-9(14-10(8)12)5-7-3-1-2-4-7/h6-7H,1-5H2,(H2,12,13,14). The normalized spacial score (nSPS) is 17.5. The summed E-state index contributed by atoms with van der Waals surface area (Å²) in [5, 5.41) is 0.445. The van der Waals surface area contributed by atoms with E-state index in [1.165, 1.54) is 25.7 Å². The van der Waals surface area contributed by atoms with E-state index in [2.05, 4.69) is 9.97 Å². The first kappa shape index (κ1) is 9.71. The fourth-order valence-electron chi connectivity index (χ4n) is 1.99. The lowest BCUT2D eigenvalue weighted by molar-refractivity contribution is 0.530. The molecule has 0 aliphatic heterocycles. The van der Waals surface area contributed by atoms with Gasteiger partial charge in [0.2, 0.25) is 0 Å². The van der Waals surface area contributed by atoms with E-state index >= 15 is 0 Å². The van der Waals surface area contributed by atoms with E-state index in [4.69, 9.17) is 17.3 Å². The number of nitrogen functional groups attached to an aromatic ring is 1. The molecular formula is C10H14ClN3. The highest BCUT2D eigenvalue weighted by molar-refractivity contribution is 6.32. The third-order valence-corrected chi connectivity index (χ3v) is 3.06. The fraction of sp³-hybridized carbons (Fsp3) is 0.600. The maximum absolute atomic E-state index is 5.75. The van der Waals surface area contributed by atoms with Crippen LogP contribution in [0.15, 0.2) is 6.20 Å². The number of hydrogen-bond donors (Lipinski definition) is 1. The SMILES string of the molecule is Nc1nc(CC2CCCC2)ncc1Cl. The van der Waals surface area contributed by atoms with Crippen LogP contribution in [0.2, 0.25) is 5.02 Å². The Morgan fingerprint density at radius 3 is 2.79 bits per heavy atom. The van der Waals surface area contributed by atoms with E-state index in [-0.39, 0.29) is 0 Å². The van der Waals surface area contributed by atoms with Crippen molar-refractivity contribution in [1.82, 2.24) is 9.97 Å². The molecule has 1 aromatic heterocycles. The van der Waals surface area contributed by atoms with E-state index in [9.17, 15) is 0 Å². The van der Waals surface area contributed by atoms with E-state index in [1.54, 1.807) is 6.20 Å². The molecule has 0 radical (unpaired) electrons. The largest absolute Gasteiger partial charge is 0.382 e. The Hall–Kier alpha value is -0.830. The monoisotopic (exact) mass is 211 g/mol. The summed E-state index contributed by atoms with van der Waals surface area (Å²) < 4.78 is 0. The molecule has 1 aliphatic carbocycles. The van der Waals surface area contributed by atoms with Crippen LogP contribution in [-0.2, 0) is 6.42 Å². The molecular weight excluding hydrogens is 198 g/mol. The van der Waals surface area contributed by atoms with Gasteiger partial charge in [0, 0.05) is 6.42 Å². The lowest BCUT2D eigenvalue weighted by Gasteiger charge is -2.07. The summed E-state index contributed by atoms with van der Waals surface area (Å²) in [6, 6.07) is 0. The second kappa shape index (κ2) is 4.13. The molecule has 4 heteroatoms. The van der Waals surface area contributed by atoms with Crippen molar-refractivity contribution < 1.29 is 0 Å². The number of hydrogen-bond acceptors (Lipinski definition) is 3. The molecule has 2 N–H and O–H groups in total. The molecule has 1 aromatic rings. The van der Waals surface area contributed by atoms with E-state index in [0.29, 0.717) is 10.8 Å². The van der Waals surface area contributed by atoms with Gasteiger partial charge < -0.3 is 5.73 Å². The lowest BCUT2D eigenvalue weighted by Crippen LogP contribution is -2.05. The molecule has 76 valence electrons. The highest BCUT2D eigenvalue weighted by Crippen LogP contribution is 2.27. The number of aromatic nitrogens is 2. The molecule has 0 bridgehead atoms. The molecule has 1 saturated carbocycles. The minimum absolute atomic E-state index is 0.398. The Morgan fingerprint density at radius 2 is 2.14 bits per heavy atom. The van der Waals surface area contributed by atoms with E-state index in [0.717, 1.165) is 18.2 Å². The summed E-state index contributed by atoms with van der Waals surface area (Å²) >= 11 is 5.75. The van der Waals surface area contributed by atoms with Crippen LogP contribution in [0.1, 0.15) is 31.5 Å². The minimum atomic E-state index is 0.398. The minimum Gasteiger partial charge on any atom is -0.382 e. The van der Waals surface area contributed by atoms with Gasteiger partial charge in [-0.05, 0) is 5.92 Å². The van der Waals surface area contributed by atoms with Crippen molar-refractivity contribution in [1.29, 1.82) is 0 Å². The van der Waals surface area contributed by atoms with Crippen LogP contribution in [-0.4, -0.2) is 9.97 Å². The Bertz CT molecular complexity index is 321. The first-order valence-electron chi connectivity index (χ1n) is 5.02. The second-order valence-electron chi connectivity index (χ2n) is 3.87. The summed E-state index contributed by atoms with van der Waals surface area (Å²) in [5.41, 5.74) is 5.61. The fourth-order valence-corrected chi connectivity index (χ4v) is 2.08. The zero-order valence-electron chi connectivity index (χ0n) is 8.04. The zero-order chi connectivity index (χ0) is 9.97. The van der Waals surface area contributed by atoms with Crippen LogP contribution in [0, 0.1) is 5.92 Å². The Kier molecular flexibility index (Phi) is 2.87. The Balaban J connectivity index is 2.05. The predicted molar refractivity (Wildman–Crippen MR) is 57.1 cm³/mol. The van der Waals surface area contributed by atoms with Crippen molar-refractivity contribution in [2.75, 3.05) is 5.73 Å². The first-order valence-corrected chi connectivity index (χ1v) is 5.40. The summed E-state index contributed by atoms with van der Waals surface area (Å²) in [6.45, 7) is 0. The van der Waals surface area contributed by atoms with Crippen LogP contribution in [0.4, 0.5) is 5.82 Å². The molecule has 2 rings (SSSR count). The summed E-state index contributed by atoms with van der Waals surface area (Å²) in [5.74, 6) is 1.98. The van der Waals surface area contributed by atoms with Crippen molar-refractivity contribution in [3.63, 3.8) is 0 Å². The maximum Gasteiger partial charge on any atom is 0.145 e. The Labute approximate surface area is 88.7 Å². The lowest BCUT2D eigenvalue weighted by atomic mass is 10.0. The van der Waals surface area contributed by atoms with Gasteiger partial charge in [0.15, 0.2) is 0 Å². The van der Waals surface area contributed by atoms with Gasteiger partial charge in [-0.3, -0.25) is 0 Å². The van der Waals surface area contributed by atoms with Gasteiger partial charge in [-0.2, -0.15) is 0 Å². The predicted octanol–water partition coefficient (Wildman–Crippen LogP) is 2.44. The van der Waals surface area contributed by atoms with Crippen LogP contribution in [0.5, 0.6) is 0 Å². The van der Waals surface area contributed by atoms with Crippen molar-refractivity contribution >= 4 is 17.4 Å². The second-order valence-corrected chi connectivity index (χ2v) is 4.28. The highest BCUT2D eigenvalue weighted by Gasteiger charge is 2.16. The molecule has 0 atom stereocenters. The average Bonchev–Trinajstić information content (AvgIpc) is 2.64. The van der Waals surface area contributed by atoms with Gasteiger partial charge in [0.1, 0.15) is 16.7 Å². The van der Waals surface area contributed by atoms with Crippen molar-refractivity contribution in [3.05, 3.63) is 17.0 Å². The van der Waals surface area contributed by atoms with Gasteiger partial charge in [0.25, 0.3) is 0 Å². The van der Waals surface area contributed by atoms with Crippen molar-refractivity contribution in [3.8, 4) is 0 Å². The summed E-state index contributed by atoms with van der Waals surface area (Å²) in [4.78, 5) is 8.35. The molecule has 1 aliphatic rings. The molecule has 0 saturated heterocycles. The van der Waals surface area contributed by atoms with Gasteiger partial charge in [-0.25, -0.2) is 9.97 Å². The average molecular weight is 212 g/mol. The quantitative estimate of drug-likeness (QED) is 0.818. The smallest absolute Gasteiger partial charge is 0.145 e. The zero-order valence-corrected chi connectivity index (χ0v) is 8.80. The first-order chi connectivity index (χ1) is 6.75. The maximum atomic E-state index is 5.75. The molecule has 14 heavy (non-hydrogen) atoms. The molecule has 0 unspecified atom stereocenters. The molecule has 1 fully saturated rings. The van der Waals surface area contributed by atoms with Gasteiger partial charge >= 0.3 is 0 Å². The molecule has 0 aromatic carbocycles. The van der Waals surface area contributed by atoms with Crippen LogP contribution in [0.3, 0.4) is 0 Å². The number of halogens is 1. The van der Waals surface area contributed by atoms with Crippen LogP contribution >= 0.6 is 11.6 Å². The third kappa shape index (κ3) is 2.15. The molecule has 1 heterocycles. The molecule has 0 spiro atoms. The number of nitrogens with zero attached hydrogens (tertiary/aromatic N) is 2. The summed E-state index contributed by atoms with van der Waals surface area (Å²) in [7, 11) is 0. The molecule has 3 nitrogen and oxygen atoms in total.